The normalized spacial score (nSPS) is 10.3. The van der Waals surface area contributed by atoms with E-state index >= 15 is 0 Å². The minimum absolute atomic E-state index is 0.555. The van der Waals surface area contributed by atoms with Gasteiger partial charge < -0.3 is 5.73 Å². The molecule has 5 heteroatoms. The molecule has 0 saturated heterocycles. The first-order valence-electron chi connectivity index (χ1n) is 5.95. The van der Waals surface area contributed by atoms with Gasteiger partial charge in [0.05, 0.1) is 17.1 Å². The molecule has 3 aromatic rings. The average molecular weight is 278 g/mol. The molecule has 0 spiro atoms. The van der Waals surface area contributed by atoms with Crippen LogP contribution in [0.25, 0.3) is 10.9 Å². The van der Waals surface area contributed by atoms with Gasteiger partial charge in [0.25, 0.3) is 0 Å². The van der Waals surface area contributed by atoms with Crippen LogP contribution in [0.1, 0.15) is 5.56 Å². The van der Waals surface area contributed by atoms with E-state index in [9.17, 15) is 0 Å². The molecule has 1 heterocycles. The van der Waals surface area contributed by atoms with Crippen molar-refractivity contribution in [3.05, 3.63) is 54.4 Å². The van der Waals surface area contributed by atoms with Gasteiger partial charge in [0.2, 0.25) is 0 Å². The van der Waals surface area contributed by atoms with Gasteiger partial charge in [0.1, 0.15) is 11.4 Å². The molecular weight excluding hydrogens is 268 g/mol. The number of nitrogens with zero attached hydrogens (tertiary/aromatic N) is 3. The lowest BCUT2D eigenvalue weighted by atomic mass is 10.2. The Balaban J connectivity index is 2.04. The molecule has 0 saturated carbocycles. The third-order valence-electron chi connectivity index (χ3n) is 2.85. The predicted octanol–water partition coefficient (Wildman–Crippen LogP) is 3.23. The summed E-state index contributed by atoms with van der Waals surface area (Å²) in [6.45, 7) is 0. The van der Waals surface area contributed by atoms with Crippen molar-refractivity contribution in [2.75, 3.05) is 5.73 Å². The first kappa shape index (κ1) is 12.5. The van der Waals surface area contributed by atoms with Gasteiger partial charge in [0.15, 0.2) is 0 Å². The lowest BCUT2D eigenvalue weighted by Gasteiger charge is -2.07. The number of fused-ring (bicyclic) bond motifs is 1. The van der Waals surface area contributed by atoms with Crippen molar-refractivity contribution in [3.8, 4) is 6.07 Å². The van der Waals surface area contributed by atoms with Crippen LogP contribution in [0.3, 0.4) is 0 Å². The number of nitrogen functional groups attached to an aromatic ring is 1. The maximum atomic E-state index is 8.85. The molecule has 0 aliphatic rings. The number of rotatable bonds is 2. The first-order valence-corrected chi connectivity index (χ1v) is 6.77. The standard InChI is InChI=1S/C15H10N4S/c16-8-10-5-6-14(12(17)7-10)20-15-11-3-1-2-4-13(11)18-9-19-15/h1-7,9H,17H2. The average Bonchev–Trinajstić information content (AvgIpc) is 2.49. The number of hydrogen-bond acceptors (Lipinski definition) is 5. The fourth-order valence-corrected chi connectivity index (χ4v) is 2.78. The Morgan fingerprint density at radius 2 is 1.95 bits per heavy atom. The number of nitrogens with two attached hydrogens (primary N) is 1. The maximum Gasteiger partial charge on any atom is 0.117 e. The molecule has 0 aliphatic carbocycles. The molecule has 0 atom stereocenters. The van der Waals surface area contributed by atoms with Crippen LogP contribution in [0.4, 0.5) is 5.69 Å². The van der Waals surface area contributed by atoms with Crippen LogP contribution >= 0.6 is 11.8 Å². The molecule has 20 heavy (non-hydrogen) atoms. The van der Waals surface area contributed by atoms with Crippen molar-refractivity contribution >= 4 is 28.4 Å². The van der Waals surface area contributed by atoms with Crippen molar-refractivity contribution < 1.29 is 0 Å². The van der Waals surface area contributed by atoms with Gasteiger partial charge in [-0.3, -0.25) is 0 Å². The number of anilines is 1. The monoisotopic (exact) mass is 278 g/mol. The van der Waals surface area contributed by atoms with Gasteiger partial charge in [-0.05, 0) is 24.3 Å². The van der Waals surface area contributed by atoms with Crippen molar-refractivity contribution in [2.24, 2.45) is 0 Å². The van der Waals surface area contributed by atoms with Crippen molar-refractivity contribution in [3.63, 3.8) is 0 Å². The van der Waals surface area contributed by atoms with Crippen LogP contribution < -0.4 is 5.73 Å². The van der Waals surface area contributed by atoms with Gasteiger partial charge >= 0.3 is 0 Å². The molecular formula is C15H10N4S. The summed E-state index contributed by atoms with van der Waals surface area (Å²) >= 11 is 1.48. The Labute approximate surface area is 120 Å². The Bertz CT molecular complexity index is 818. The quantitative estimate of drug-likeness (QED) is 0.575. The van der Waals surface area contributed by atoms with Crippen molar-refractivity contribution in [1.29, 1.82) is 5.26 Å². The van der Waals surface area contributed by atoms with E-state index in [2.05, 4.69) is 16.0 Å². The number of hydrogen-bond donors (Lipinski definition) is 1. The molecule has 0 radical (unpaired) electrons. The molecule has 0 amide bonds. The molecule has 0 aliphatic heterocycles. The van der Waals surface area contributed by atoms with Gasteiger partial charge in [-0.25, -0.2) is 9.97 Å². The molecule has 3 rings (SSSR count). The SMILES string of the molecule is N#Cc1ccc(Sc2ncnc3ccccc23)c(N)c1. The molecule has 4 nitrogen and oxygen atoms in total. The summed E-state index contributed by atoms with van der Waals surface area (Å²) in [6.07, 6.45) is 1.55. The van der Waals surface area contributed by atoms with Crippen LogP contribution in [0.5, 0.6) is 0 Å². The Hall–Kier alpha value is -2.58. The number of benzene rings is 2. The van der Waals surface area contributed by atoms with E-state index < -0.39 is 0 Å². The van der Waals surface area contributed by atoms with E-state index in [-0.39, 0.29) is 0 Å². The second-order valence-electron chi connectivity index (χ2n) is 4.16. The Morgan fingerprint density at radius 3 is 2.75 bits per heavy atom. The lowest BCUT2D eigenvalue weighted by Crippen LogP contribution is -1.91. The fraction of sp³-hybridized carbons (Fsp3) is 0. The summed E-state index contributed by atoms with van der Waals surface area (Å²) in [5.74, 6) is 0. The van der Waals surface area contributed by atoms with Crippen LogP contribution in [-0.4, -0.2) is 9.97 Å². The van der Waals surface area contributed by atoms with E-state index in [1.807, 2.05) is 30.3 Å². The van der Waals surface area contributed by atoms with Gasteiger partial charge in [-0.1, -0.05) is 30.0 Å². The lowest BCUT2D eigenvalue weighted by molar-refractivity contribution is 1.10. The zero-order valence-electron chi connectivity index (χ0n) is 10.4. The third-order valence-corrected chi connectivity index (χ3v) is 3.96. The summed E-state index contributed by atoms with van der Waals surface area (Å²) < 4.78 is 0. The molecule has 0 bridgehead atoms. The minimum Gasteiger partial charge on any atom is -0.398 e. The Kier molecular flexibility index (Phi) is 3.23. The van der Waals surface area contributed by atoms with Gasteiger partial charge in [-0.2, -0.15) is 5.26 Å². The van der Waals surface area contributed by atoms with Crippen LogP contribution in [-0.2, 0) is 0 Å². The predicted molar refractivity (Wildman–Crippen MR) is 79.2 cm³/mol. The van der Waals surface area contributed by atoms with E-state index in [4.69, 9.17) is 11.0 Å². The zero-order valence-corrected chi connectivity index (χ0v) is 11.3. The molecule has 2 aromatic carbocycles. The third kappa shape index (κ3) is 2.29. The second-order valence-corrected chi connectivity index (χ2v) is 5.19. The highest BCUT2D eigenvalue weighted by atomic mass is 32.2. The van der Waals surface area contributed by atoms with Crippen LogP contribution in [0.2, 0.25) is 0 Å². The minimum atomic E-state index is 0.555. The molecule has 2 N–H and O–H groups in total. The van der Waals surface area contributed by atoms with E-state index in [1.54, 1.807) is 18.5 Å². The summed E-state index contributed by atoms with van der Waals surface area (Å²) in [5.41, 5.74) is 8.01. The number of aromatic nitrogens is 2. The zero-order chi connectivity index (χ0) is 13.9. The number of nitriles is 1. The highest BCUT2D eigenvalue weighted by molar-refractivity contribution is 7.99. The molecule has 96 valence electrons. The summed E-state index contributed by atoms with van der Waals surface area (Å²) in [6, 6.07) is 15.2. The summed E-state index contributed by atoms with van der Waals surface area (Å²) in [4.78, 5) is 9.43. The second kappa shape index (κ2) is 5.19. The maximum absolute atomic E-state index is 8.85. The summed E-state index contributed by atoms with van der Waals surface area (Å²) in [7, 11) is 0. The van der Waals surface area contributed by atoms with E-state index in [0.717, 1.165) is 20.8 Å². The van der Waals surface area contributed by atoms with Crippen LogP contribution in [0.15, 0.2) is 58.7 Å². The van der Waals surface area contributed by atoms with Crippen molar-refractivity contribution in [2.45, 2.75) is 9.92 Å². The van der Waals surface area contributed by atoms with E-state index in [1.165, 1.54) is 11.8 Å². The highest BCUT2D eigenvalue weighted by Crippen LogP contribution is 2.34. The molecule has 1 aromatic heterocycles. The van der Waals surface area contributed by atoms with E-state index in [0.29, 0.717) is 11.3 Å². The topological polar surface area (TPSA) is 75.6 Å². The number of para-hydroxylation sites is 1. The molecule has 0 fully saturated rings. The van der Waals surface area contributed by atoms with Crippen LogP contribution in [0, 0.1) is 11.3 Å². The largest absolute Gasteiger partial charge is 0.398 e. The van der Waals surface area contributed by atoms with Gasteiger partial charge in [-0.15, -0.1) is 0 Å². The Morgan fingerprint density at radius 1 is 1.10 bits per heavy atom. The first-order chi connectivity index (χ1) is 9.78. The van der Waals surface area contributed by atoms with Gasteiger partial charge in [0, 0.05) is 16.0 Å². The smallest absolute Gasteiger partial charge is 0.117 e. The van der Waals surface area contributed by atoms with Crippen molar-refractivity contribution in [1.82, 2.24) is 9.97 Å². The highest BCUT2D eigenvalue weighted by Gasteiger charge is 2.08. The summed E-state index contributed by atoms with van der Waals surface area (Å²) in [5, 5.41) is 10.7. The fourth-order valence-electron chi connectivity index (χ4n) is 1.88. The molecule has 0 unspecified atom stereocenters.